The number of methoxy groups -OCH3 is 1. The summed E-state index contributed by atoms with van der Waals surface area (Å²) in [5, 5.41) is 3.91. The van der Waals surface area contributed by atoms with Gasteiger partial charge < -0.3 is 19.7 Å². The number of aromatic nitrogens is 1. The molecule has 1 aliphatic rings. The Hall–Kier alpha value is -2.34. The number of nitrogens with zero attached hydrogens (tertiary/aromatic N) is 2. The lowest BCUT2D eigenvalue weighted by Crippen LogP contribution is -2.40. The zero-order chi connectivity index (χ0) is 16.1. The molecule has 3 rings (SSSR count). The molecule has 1 saturated heterocycles. The van der Waals surface area contributed by atoms with Gasteiger partial charge in [0.1, 0.15) is 6.10 Å². The van der Waals surface area contributed by atoms with Crippen molar-refractivity contribution in [2.24, 2.45) is 0 Å². The van der Waals surface area contributed by atoms with Crippen LogP contribution >= 0.6 is 0 Å². The summed E-state index contributed by atoms with van der Waals surface area (Å²) in [5.41, 5.74) is 0.914. The molecule has 1 aromatic carbocycles. The Labute approximate surface area is 135 Å². The van der Waals surface area contributed by atoms with Crippen molar-refractivity contribution in [1.82, 2.24) is 15.2 Å². The minimum Gasteiger partial charge on any atom is -0.472 e. The van der Waals surface area contributed by atoms with Crippen LogP contribution in [-0.2, 0) is 4.74 Å². The second-order valence-electron chi connectivity index (χ2n) is 5.54. The molecule has 0 bridgehead atoms. The van der Waals surface area contributed by atoms with Crippen LogP contribution in [0.3, 0.4) is 0 Å². The third-order valence-electron chi connectivity index (χ3n) is 3.87. The van der Waals surface area contributed by atoms with Crippen LogP contribution in [0, 0.1) is 0 Å². The van der Waals surface area contributed by atoms with Gasteiger partial charge in [-0.25, -0.2) is 9.78 Å². The van der Waals surface area contributed by atoms with Gasteiger partial charge >= 0.3 is 6.03 Å². The van der Waals surface area contributed by atoms with Gasteiger partial charge in [0.05, 0.1) is 18.7 Å². The van der Waals surface area contributed by atoms with E-state index < -0.39 is 0 Å². The van der Waals surface area contributed by atoms with Crippen molar-refractivity contribution >= 4 is 16.9 Å². The Morgan fingerprint density at radius 1 is 1.35 bits per heavy atom. The molecule has 1 fully saturated rings. The Kier molecular flexibility index (Phi) is 4.92. The first-order valence-corrected chi connectivity index (χ1v) is 7.80. The Balaban J connectivity index is 1.55. The number of hydrogen-bond donors (Lipinski definition) is 1. The monoisotopic (exact) mass is 315 g/mol. The van der Waals surface area contributed by atoms with Crippen molar-refractivity contribution in [3.05, 3.63) is 36.4 Å². The van der Waals surface area contributed by atoms with E-state index >= 15 is 0 Å². The van der Waals surface area contributed by atoms with E-state index in [1.54, 1.807) is 12.0 Å². The van der Waals surface area contributed by atoms with Crippen molar-refractivity contribution in [1.29, 1.82) is 0 Å². The fourth-order valence-corrected chi connectivity index (χ4v) is 2.66. The van der Waals surface area contributed by atoms with E-state index in [2.05, 4.69) is 10.3 Å². The Morgan fingerprint density at radius 3 is 3.09 bits per heavy atom. The van der Waals surface area contributed by atoms with Crippen LogP contribution in [0.4, 0.5) is 4.79 Å². The standard InChI is InChI=1S/C17H21N3O3/c1-22-11-9-18-17(21)20-10-8-14(12-20)23-16-7-6-13-4-2-3-5-15(13)19-16/h2-7,14H,8-12H2,1H3,(H,18,21). The van der Waals surface area contributed by atoms with E-state index in [-0.39, 0.29) is 12.1 Å². The SMILES string of the molecule is COCCNC(=O)N1CCC(Oc2ccc3ccccc3n2)C1. The van der Waals surface area contributed by atoms with Crippen LogP contribution in [0.1, 0.15) is 6.42 Å². The van der Waals surface area contributed by atoms with Crippen LogP contribution in [-0.4, -0.2) is 55.4 Å². The van der Waals surface area contributed by atoms with E-state index in [0.717, 1.165) is 17.3 Å². The molecule has 1 aromatic heterocycles. The molecule has 1 N–H and O–H groups in total. The first-order valence-electron chi connectivity index (χ1n) is 7.80. The molecule has 0 aliphatic carbocycles. The smallest absolute Gasteiger partial charge is 0.317 e. The third-order valence-corrected chi connectivity index (χ3v) is 3.87. The highest BCUT2D eigenvalue weighted by molar-refractivity contribution is 5.78. The van der Waals surface area contributed by atoms with Crippen LogP contribution in [0.15, 0.2) is 36.4 Å². The lowest BCUT2D eigenvalue weighted by Gasteiger charge is -2.17. The number of nitrogens with one attached hydrogen (secondary N) is 1. The lowest BCUT2D eigenvalue weighted by molar-refractivity contribution is 0.174. The fraction of sp³-hybridized carbons (Fsp3) is 0.412. The van der Waals surface area contributed by atoms with Crippen molar-refractivity contribution < 1.29 is 14.3 Å². The summed E-state index contributed by atoms with van der Waals surface area (Å²) in [5.74, 6) is 0.607. The Morgan fingerprint density at radius 2 is 2.22 bits per heavy atom. The third kappa shape index (κ3) is 3.90. The van der Waals surface area contributed by atoms with E-state index in [1.165, 1.54) is 0 Å². The molecule has 1 unspecified atom stereocenters. The van der Waals surface area contributed by atoms with Crippen molar-refractivity contribution in [2.75, 3.05) is 33.4 Å². The molecule has 1 atom stereocenters. The highest BCUT2D eigenvalue weighted by Crippen LogP contribution is 2.20. The molecule has 2 aromatic rings. The van der Waals surface area contributed by atoms with E-state index in [1.807, 2.05) is 36.4 Å². The number of amides is 2. The number of rotatable bonds is 5. The van der Waals surface area contributed by atoms with Gasteiger partial charge in [-0.05, 0) is 12.1 Å². The van der Waals surface area contributed by atoms with Crippen LogP contribution in [0.25, 0.3) is 10.9 Å². The largest absolute Gasteiger partial charge is 0.472 e. The van der Waals surface area contributed by atoms with Gasteiger partial charge in [-0.2, -0.15) is 0 Å². The molecular weight excluding hydrogens is 294 g/mol. The average Bonchev–Trinajstić information content (AvgIpc) is 3.03. The van der Waals surface area contributed by atoms with Crippen LogP contribution < -0.4 is 10.1 Å². The minimum atomic E-state index is -0.0698. The Bertz CT molecular complexity index is 677. The maximum Gasteiger partial charge on any atom is 0.317 e. The van der Waals surface area contributed by atoms with Gasteiger partial charge in [0.15, 0.2) is 0 Å². The maximum absolute atomic E-state index is 12.0. The van der Waals surface area contributed by atoms with Gasteiger partial charge in [0.2, 0.25) is 5.88 Å². The van der Waals surface area contributed by atoms with E-state index in [9.17, 15) is 4.79 Å². The highest BCUT2D eigenvalue weighted by atomic mass is 16.5. The van der Waals surface area contributed by atoms with E-state index in [4.69, 9.17) is 9.47 Å². The highest BCUT2D eigenvalue weighted by Gasteiger charge is 2.27. The average molecular weight is 315 g/mol. The summed E-state index contributed by atoms with van der Waals surface area (Å²) in [4.78, 5) is 18.3. The maximum atomic E-state index is 12.0. The zero-order valence-electron chi connectivity index (χ0n) is 13.2. The summed E-state index contributed by atoms with van der Waals surface area (Å²) >= 11 is 0. The van der Waals surface area contributed by atoms with Gasteiger partial charge in [-0.1, -0.05) is 18.2 Å². The first-order chi connectivity index (χ1) is 11.3. The number of fused-ring (bicyclic) bond motifs is 1. The summed E-state index contributed by atoms with van der Waals surface area (Å²) in [7, 11) is 1.61. The number of ether oxygens (including phenoxy) is 2. The summed E-state index contributed by atoms with van der Waals surface area (Å²) in [6, 6.07) is 11.7. The van der Waals surface area contributed by atoms with Crippen molar-refractivity contribution in [3.63, 3.8) is 0 Å². The fourth-order valence-electron chi connectivity index (χ4n) is 2.66. The lowest BCUT2D eigenvalue weighted by atomic mass is 10.2. The number of carbonyl (C=O) groups excluding carboxylic acids is 1. The van der Waals surface area contributed by atoms with Gasteiger partial charge in [0.25, 0.3) is 0 Å². The topological polar surface area (TPSA) is 63.7 Å². The molecule has 1 aliphatic heterocycles. The summed E-state index contributed by atoms with van der Waals surface area (Å²) in [6.07, 6.45) is 0.795. The van der Waals surface area contributed by atoms with Crippen molar-refractivity contribution in [3.8, 4) is 5.88 Å². The second kappa shape index (κ2) is 7.28. The second-order valence-corrected chi connectivity index (χ2v) is 5.54. The molecule has 23 heavy (non-hydrogen) atoms. The van der Waals surface area contributed by atoms with Crippen molar-refractivity contribution in [2.45, 2.75) is 12.5 Å². The number of hydrogen-bond acceptors (Lipinski definition) is 4. The van der Waals surface area contributed by atoms with Gasteiger partial charge in [0, 0.05) is 38.1 Å². The number of likely N-dealkylation sites (tertiary alicyclic amines) is 1. The summed E-state index contributed by atoms with van der Waals surface area (Å²) in [6.45, 7) is 2.30. The first kappa shape index (κ1) is 15.6. The number of benzene rings is 1. The molecule has 6 nitrogen and oxygen atoms in total. The molecule has 2 heterocycles. The number of pyridine rings is 1. The normalized spacial score (nSPS) is 17.4. The predicted octanol–water partition coefficient (Wildman–Crippen LogP) is 2.04. The number of para-hydroxylation sites is 1. The number of carbonyl (C=O) groups is 1. The van der Waals surface area contributed by atoms with Crippen LogP contribution in [0.5, 0.6) is 5.88 Å². The predicted molar refractivity (Wildman–Crippen MR) is 87.6 cm³/mol. The summed E-state index contributed by atoms with van der Waals surface area (Å²) < 4.78 is 10.9. The molecule has 0 spiro atoms. The zero-order valence-corrected chi connectivity index (χ0v) is 13.2. The van der Waals surface area contributed by atoms with Gasteiger partial charge in [-0.15, -0.1) is 0 Å². The number of urea groups is 1. The molecule has 0 saturated carbocycles. The molecule has 6 heteroatoms. The molecule has 0 radical (unpaired) electrons. The van der Waals surface area contributed by atoms with E-state index in [0.29, 0.717) is 32.1 Å². The quantitative estimate of drug-likeness (QED) is 0.858. The molecule has 122 valence electrons. The molecule has 2 amide bonds. The van der Waals surface area contributed by atoms with Gasteiger partial charge in [-0.3, -0.25) is 0 Å². The minimum absolute atomic E-state index is 0.0168. The molecular formula is C17H21N3O3. The van der Waals surface area contributed by atoms with Crippen LogP contribution in [0.2, 0.25) is 0 Å².